The number of nitrogens with zero attached hydrogens (tertiary/aromatic N) is 4. The van der Waals surface area contributed by atoms with E-state index in [0.717, 1.165) is 96.9 Å². The van der Waals surface area contributed by atoms with Gasteiger partial charge in [-0.3, -0.25) is 30.0 Å². The standard InChI is InChI=1S/C11H14N2.2C10H12F3N.C10H12N2.C9H11ClFN.C9H10FNO3.C9H12FNO.C9H12FN.C9H11N3O5.C9H14N2.5H2S/c1-8(12)6-9-7-13-11-5-3-2-4-10(9)11;1-7(14)6-8-2-4-9(5-3-8)10(11,12)13;1-7(14)6-8-4-2-3-5-9(8)10(11,12)13;1-8(11)6-9-4-3-5-10(7-9)12-2;1-6(12)4-7-2-3-9(11)8(10)5-7;10-6-3-5(1-2-8(6)12)4-7(11)9(13)14;1-6(11)4-7-2-3-8(12)5-9(7)10;1-7(11)6-8-4-2-3-5-9(8)10;1-5(10)2-6-3-7(11(14)15)9(13)8(4-6)12(16)17;1-7(10)6-8-2-4-9(11)5-3-8;;;;;/h2-4,7-8H,5-6,12H2,1H3;2*2-5,7H,6,14H2,1H3;3-5,7-8H,6,11H2,1H3;2-3,5-6H,4,12H2,1H3;1-3,7,12H,4,11H2,(H,13,14);2-3,5-6,12H,4,11H2,1H3;2-5,7H,6,11H2,1H3;3-5,13H,2,10H2,1H3;2-5,7H,6,10-11H2,1H3;5*1H2/p+1/t;;;8-;;7-;;7-;5-;7-;;;;;/m...1.0.111...../s1. The molecule has 135 heavy (non-hydrogen) atoms. The summed E-state index contributed by atoms with van der Waals surface area (Å²) in [5, 5.41) is 57.1. The third-order valence-electron chi connectivity index (χ3n) is 17.6. The Morgan fingerprint density at radius 2 is 0.889 bits per heavy atom. The molecule has 0 amide bonds. The minimum absolute atomic E-state index is 0. The largest absolute Gasteiger partial charge is 1.00 e. The first-order valence-corrected chi connectivity index (χ1v) is 41.4. The van der Waals surface area contributed by atoms with Gasteiger partial charge in [0, 0.05) is 96.5 Å². The highest BCUT2D eigenvalue weighted by Gasteiger charge is 2.33. The monoisotopic (exact) mass is 2010 g/mol. The van der Waals surface area contributed by atoms with E-state index >= 15 is 0 Å². The van der Waals surface area contributed by atoms with E-state index in [1.54, 1.807) is 56.3 Å². The lowest BCUT2D eigenvalue weighted by molar-refractivity contribution is -0.396. The van der Waals surface area contributed by atoms with Crippen LogP contribution in [-0.4, -0.2) is 102 Å². The van der Waals surface area contributed by atoms with Gasteiger partial charge in [-0.05, 0) is 243 Å². The van der Waals surface area contributed by atoms with Gasteiger partial charge >= 0.3 is 31.1 Å². The normalized spacial score (nSPS) is 13.3. The van der Waals surface area contributed by atoms with Crippen LogP contribution in [0.3, 0.4) is 0 Å². The van der Waals surface area contributed by atoms with Gasteiger partial charge in [0.2, 0.25) is 0 Å². The molecule has 5 unspecified atom stereocenters. The fourth-order valence-corrected chi connectivity index (χ4v) is 12.1. The van der Waals surface area contributed by atoms with Gasteiger partial charge in [-0.1, -0.05) is 139 Å². The molecule has 0 fully saturated rings. The summed E-state index contributed by atoms with van der Waals surface area (Å²) in [7, 11) is 0. The van der Waals surface area contributed by atoms with E-state index < -0.39 is 79.8 Å². The summed E-state index contributed by atoms with van der Waals surface area (Å²) >= 11 is 5.58. The molecule has 1 heterocycles. The molecule has 0 radical (unpaired) electrons. The van der Waals surface area contributed by atoms with Gasteiger partial charge < -0.3 is 83.5 Å². The molecule has 0 spiro atoms. The van der Waals surface area contributed by atoms with Crippen molar-refractivity contribution in [2.45, 2.75) is 206 Å². The maximum absolute atomic E-state index is 13.0. The van der Waals surface area contributed by atoms with Gasteiger partial charge in [0.05, 0.1) is 38.3 Å². The van der Waals surface area contributed by atoms with Gasteiger partial charge in [-0.2, -0.15) is 93.8 Å². The smallest absolute Gasteiger partial charge is 0.508 e. The molecule has 1 aliphatic heterocycles. The number of phenols is 3. The van der Waals surface area contributed by atoms with Gasteiger partial charge in [0.15, 0.2) is 17.3 Å². The fourth-order valence-electron chi connectivity index (χ4n) is 11.9. The number of rotatable bonds is 23. The maximum Gasteiger partial charge on any atom is 1.00 e. The first kappa shape index (κ1) is 131. The van der Waals surface area contributed by atoms with E-state index in [2.05, 4.69) is 28.1 Å². The van der Waals surface area contributed by atoms with E-state index in [1.165, 1.54) is 77.0 Å². The number of anilines is 1. The minimum Gasteiger partial charge on any atom is -0.508 e. The first-order valence-electron chi connectivity index (χ1n) is 41.0. The summed E-state index contributed by atoms with van der Waals surface area (Å²) < 4.78 is 125. The van der Waals surface area contributed by atoms with Crippen LogP contribution in [0.1, 0.15) is 138 Å². The SMILES string of the molecule is CC(N)CC1=CN=C2CC=CC=C12.CC(N)Cc1ccc(C(F)(F)F)cc1.CC(N)Cc1ccc(F)c(Cl)c1.CC(N)Cc1ccc(O)cc1F.CC(N)Cc1ccccc1C(F)(F)F.C[C@@H](N)Cc1cc([N+](=O)[O-])c(O)c([N+](=O)[O-])c1.C[C@@H](N)Cc1ccc(N)cc1.C[C@@H](N)Cc1ccccc1F.N[C@@H](Cc1ccc(O)c(F)c1)C(=O)O.S.S.S.S.S.[C-]#[N+]c1cccc(C[C@@H](C)N)c1.[H+]. The molecule has 746 valence electrons. The van der Waals surface area contributed by atoms with Crippen LogP contribution in [0.15, 0.2) is 229 Å². The lowest BCUT2D eigenvalue weighted by Crippen LogP contribution is -2.32. The molecule has 9 aromatic carbocycles. The number of hydrogen-bond acceptors (Lipinski definition) is 20. The summed E-state index contributed by atoms with van der Waals surface area (Å²) in [6, 6.07) is 46.3. The molecule has 0 bridgehead atoms. The molecule has 11 rings (SSSR count). The Kier molecular flexibility index (Phi) is 65.1. The molecular weight excluding hydrogens is 1880 g/mol. The summed E-state index contributed by atoms with van der Waals surface area (Å²) in [4.78, 5) is 37.6. The topological polar surface area (TPSA) is 487 Å². The Labute approximate surface area is 824 Å². The Morgan fingerprint density at radius 3 is 1.33 bits per heavy atom. The van der Waals surface area contributed by atoms with Crippen molar-refractivity contribution < 1.29 is 80.4 Å². The number of carbonyl (C=O) groups is 1. The molecule has 9 aromatic rings. The van der Waals surface area contributed by atoms with Gasteiger partial charge in [-0.25, -0.2) is 22.4 Å². The first-order chi connectivity index (χ1) is 60.7. The van der Waals surface area contributed by atoms with Crippen molar-refractivity contribution in [3.8, 4) is 17.2 Å². The molecule has 26 N–H and O–H groups in total. The Morgan fingerprint density at radius 1 is 0.467 bits per heavy atom. The number of carboxylic acids is 1. The number of nitro groups is 2. The summed E-state index contributed by atoms with van der Waals surface area (Å²) in [6.45, 7) is 23.6. The number of allylic oxidation sites excluding steroid dienone is 4. The zero-order chi connectivity index (χ0) is 98.5. The van der Waals surface area contributed by atoms with Crippen molar-refractivity contribution in [1.82, 2.24) is 0 Å². The number of fused-ring (bicyclic) bond motifs is 1. The second-order valence-electron chi connectivity index (χ2n) is 31.5. The fraction of sp³-hybridized carbons (Fsp3) is 0.337. The van der Waals surface area contributed by atoms with Crippen LogP contribution in [0.2, 0.25) is 5.02 Å². The maximum atomic E-state index is 13.0. The van der Waals surface area contributed by atoms with Crippen molar-refractivity contribution in [2.75, 3.05) is 5.73 Å². The van der Waals surface area contributed by atoms with Gasteiger partial charge in [0.25, 0.3) is 5.75 Å². The molecule has 0 saturated carbocycles. The average Bonchev–Trinajstić information content (AvgIpc) is 1.28. The third-order valence-corrected chi connectivity index (χ3v) is 17.9. The van der Waals surface area contributed by atoms with E-state index in [9.17, 15) is 74.0 Å². The van der Waals surface area contributed by atoms with E-state index in [4.69, 9.17) is 96.6 Å². The highest BCUT2D eigenvalue weighted by Crippen LogP contribution is 2.38. The summed E-state index contributed by atoms with van der Waals surface area (Å²) in [5.74, 6) is -4.31. The van der Waals surface area contributed by atoms with E-state index in [1.807, 2.05) is 103 Å². The van der Waals surface area contributed by atoms with Crippen molar-refractivity contribution in [1.29, 1.82) is 0 Å². The molecule has 40 heteroatoms. The van der Waals surface area contributed by atoms with Crippen LogP contribution in [0.4, 0.5) is 66.7 Å². The van der Waals surface area contributed by atoms with Crippen LogP contribution in [-0.2, 0) is 74.9 Å². The van der Waals surface area contributed by atoms with Gasteiger partial charge in [-0.15, -0.1) is 0 Å². The Balaban J connectivity index is -0.000000466. The average molecular weight is 2010 g/mol. The second kappa shape index (κ2) is 67.1. The number of alkyl halides is 6. The number of nitrogen functional groups attached to an aromatic ring is 1. The number of aliphatic carboxylic acids is 1. The van der Waals surface area contributed by atoms with Crippen LogP contribution in [0.5, 0.6) is 17.2 Å². The van der Waals surface area contributed by atoms with E-state index in [-0.39, 0.29) is 171 Å². The zero-order valence-corrected chi connectivity index (χ0v) is 82.1. The highest BCUT2D eigenvalue weighted by molar-refractivity contribution is 7.60. The Bertz CT molecular complexity index is 5170. The van der Waals surface area contributed by atoms with Crippen molar-refractivity contribution in [3.05, 3.63) is 345 Å². The number of hydrogen-bond donors (Lipinski definition) is 15. The molecule has 10 atom stereocenters. The predicted octanol–water partition coefficient (Wildman–Crippen LogP) is 18.2. The number of aromatic hydroxyl groups is 3. The lowest BCUT2D eigenvalue weighted by Gasteiger charge is -2.13. The van der Waals surface area contributed by atoms with Crippen LogP contribution < -0.4 is 63.1 Å². The van der Waals surface area contributed by atoms with Crippen molar-refractivity contribution >= 4 is 114 Å². The molecule has 0 aromatic heterocycles. The predicted molar refractivity (Wildman–Crippen MR) is 549 cm³/mol. The zero-order valence-electron chi connectivity index (χ0n) is 77.4. The van der Waals surface area contributed by atoms with Crippen LogP contribution in [0, 0.1) is 50.1 Å². The molecular formula is C95H131ClF10N15O9S5+. The number of carboxylic acid groups (broad SMARTS) is 1. The number of aliphatic imine (C=N–C) groups is 1. The quantitative estimate of drug-likeness (QED) is 0.00930. The number of benzene rings is 9. The third kappa shape index (κ3) is 54.9. The Hall–Kier alpha value is -10.2. The lowest BCUT2D eigenvalue weighted by atomic mass is 9.94. The summed E-state index contributed by atoms with van der Waals surface area (Å²) in [5.41, 5.74) is 70.1. The number of nitro benzene ring substituents is 2. The molecule has 24 nitrogen and oxygen atoms in total. The molecule has 0 saturated heterocycles. The van der Waals surface area contributed by atoms with Crippen LogP contribution in [0.25, 0.3) is 4.85 Å². The number of phenolic OH excluding ortho intramolecular Hbond substituents is 3. The summed E-state index contributed by atoms with van der Waals surface area (Å²) in [6.07, 6.45) is 6.35. The highest BCUT2D eigenvalue weighted by atomic mass is 35.5. The second-order valence-corrected chi connectivity index (χ2v) is 31.9. The molecule has 1 aliphatic carbocycles. The number of nitrogens with two attached hydrogens (primary N) is 11. The number of halogens is 11. The van der Waals surface area contributed by atoms with Crippen LogP contribution >= 0.6 is 79.1 Å². The van der Waals surface area contributed by atoms with Gasteiger partial charge in [0.1, 0.15) is 29.2 Å². The van der Waals surface area contributed by atoms with Crippen molar-refractivity contribution in [2.24, 2.45) is 62.3 Å². The van der Waals surface area contributed by atoms with Crippen molar-refractivity contribution in [3.63, 3.8) is 0 Å². The molecule has 2 aliphatic rings. The van der Waals surface area contributed by atoms with E-state index in [0.29, 0.717) is 47.2 Å². The minimum atomic E-state index is -4.29.